The molecule has 1 heterocycles. The van der Waals surface area contributed by atoms with E-state index >= 15 is 0 Å². The second-order valence-electron chi connectivity index (χ2n) is 5.90. The average Bonchev–Trinajstić information content (AvgIpc) is 2.61. The van der Waals surface area contributed by atoms with Crippen LogP contribution in [-0.4, -0.2) is 22.8 Å². The Morgan fingerprint density at radius 3 is 2.80 bits per heavy atom. The van der Waals surface area contributed by atoms with Gasteiger partial charge in [-0.15, -0.1) is 0 Å². The van der Waals surface area contributed by atoms with Crippen molar-refractivity contribution in [2.75, 3.05) is 6.61 Å². The third kappa shape index (κ3) is 6.16. The minimum Gasteiger partial charge on any atom is -0.488 e. The Bertz CT molecular complexity index is 708. The molecule has 0 fully saturated rings. The van der Waals surface area contributed by atoms with Crippen LogP contribution in [0.4, 0.5) is 4.39 Å². The summed E-state index contributed by atoms with van der Waals surface area (Å²) < 4.78 is 19.7. The van der Waals surface area contributed by atoms with Crippen LogP contribution >= 0.6 is 0 Å². The fourth-order valence-electron chi connectivity index (χ4n) is 2.35. The SMILES string of the molecule is C=CCOc1ccc(-c2ccc(C=CCCCC(C)O)c(F)c2)nc1. The summed E-state index contributed by atoms with van der Waals surface area (Å²) in [7, 11) is 0. The van der Waals surface area contributed by atoms with Gasteiger partial charge in [0.05, 0.1) is 18.0 Å². The first-order valence-corrected chi connectivity index (χ1v) is 8.44. The second kappa shape index (κ2) is 9.74. The molecule has 1 unspecified atom stereocenters. The summed E-state index contributed by atoms with van der Waals surface area (Å²) in [6.45, 7) is 5.79. The lowest BCUT2D eigenvalue weighted by atomic mass is 10.1. The molecule has 4 heteroatoms. The maximum atomic E-state index is 14.3. The molecule has 0 saturated carbocycles. The summed E-state index contributed by atoms with van der Waals surface area (Å²) in [5.41, 5.74) is 1.96. The van der Waals surface area contributed by atoms with E-state index < -0.39 is 0 Å². The topological polar surface area (TPSA) is 42.4 Å². The smallest absolute Gasteiger partial charge is 0.138 e. The van der Waals surface area contributed by atoms with Crippen molar-refractivity contribution in [1.82, 2.24) is 4.98 Å². The maximum Gasteiger partial charge on any atom is 0.138 e. The third-order valence-corrected chi connectivity index (χ3v) is 3.69. The minimum absolute atomic E-state index is 0.280. The zero-order valence-electron chi connectivity index (χ0n) is 14.5. The van der Waals surface area contributed by atoms with Crippen molar-refractivity contribution < 1.29 is 14.2 Å². The van der Waals surface area contributed by atoms with E-state index in [0.717, 1.165) is 24.8 Å². The van der Waals surface area contributed by atoms with Crippen LogP contribution in [0.15, 0.2) is 55.3 Å². The Kier molecular flexibility index (Phi) is 7.36. The number of aliphatic hydroxyl groups excluding tert-OH is 1. The normalized spacial score (nSPS) is 12.3. The van der Waals surface area contributed by atoms with Gasteiger partial charge >= 0.3 is 0 Å². The van der Waals surface area contributed by atoms with Gasteiger partial charge in [-0.1, -0.05) is 36.9 Å². The Hall–Kier alpha value is -2.46. The van der Waals surface area contributed by atoms with Crippen LogP contribution in [0.3, 0.4) is 0 Å². The highest BCUT2D eigenvalue weighted by atomic mass is 19.1. The Morgan fingerprint density at radius 1 is 1.32 bits per heavy atom. The van der Waals surface area contributed by atoms with Crippen LogP contribution in [0.1, 0.15) is 31.7 Å². The minimum atomic E-state index is -0.287. The summed E-state index contributed by atoms with van der Waals surface area (Å²) >= 11 is 0. The predicted octanol–water partition coefficient (Wildman–Crippen LogP) is 5.02. The largest absolute Gasteiger partial charge is 0.488 e. The van der Waals surface area contributed by atoms with E-state index in [1.54, 1.807) is 43.5 Å². The van der Waals surface area contributed by atoms with Gasteiger partial charge in [-0.3, -0.25) is 4.98 Å². The number of aliphatic hydroxyl groups is 1. The number of rotatable bonds is 9. The maximum absolute atomic E-state index is 14.3. The summed E-state index contributed by atoms with van der Waals surface area (Å²) in [4.78, 5) is 4.31. The predicted molar refractivity (Wildman–Crippen MR) is 99.9 cm³/mol. The molecule has 132 valence electrons. The van der Waals surface area contributed by atoms with Crippen molar-refractivity contribution in [3.8, 4) is 17.0 Å². The van der Waals surface area contributed by atoms with E-state index in [1.165, 1.54) is 6.07 Å². The molecule has 2 aromatic rings. The van der Waals surface area contributed by atoms with Gasteiger partial charge < -0.3 is 9.84 Å². The van der Waals surface area contributed by atoms with Gasteiger partial charge in [0.2, 0.25) is 0 Å². The van der Waals surface area contributed by atoms with Gasteiger partial charge in [-0.25, -0.2) is 4.39 Å². The van der Waals surface area contributed by atoms with E-state index in [9.17, 15) is 9.50 Å². The molecule has 3 nitrogen and oxygen atoms in total. The molecule has 1 N–H and O–H groups in total. The van der Waals surface area contributed by atoms with Gasteiger partial charge in [-0.05, 0) is 44.4 Å². The molecule has 1 aromatic heterocycles. The number of allylic oxidation sites excluding steroid dienone is 1. The average molecular weight is 341 g/mol. The Balaban J connectivity index is 2.00. The number of benzene rings is 1. The van der Waals surface area contributed by atoms with Crippen LogP contribution in [-0.2, 0) is 0 Å². The standard InChI is InChI=1S/C21H24FNO2/c1-3-13-25-19-11-12-21(23-15-19)18-10-9-17(20(22)14-18)8-6-4-5-7-16(2)24/h3,6,8-12,14-16,24H,1,4-5,7,13H2,2H3. The number of halogens is 1. The van der Waals surface area contributed by atoms with Crippen molar-refractivity contribution in [3.05, 3.63) is 66.6 Å². The van der Waals surface area contributed by atoms with Crippen LogP contribution in [0.2, 0.25) is 0 Å². The second-order valence-corrected chi connectivity index (χ2v) is 5.90. The molecule has 0 saturated heterocycles. The number of hydrogen-bond donors (Lipinski definition) is 1. The third-order valence-electron chi connectivity index (χ3n) is 3.69. The first-order chi connectivity index (χ1) is 12.1. The fraction of sp³-hybridized carbons (Fsp3) is 0.286. The van der Waals surface area contributed by atoms with Gasteiger partial charge in [0.15, 0.2) is 0 Å². The highest BCUT2D eigenvalue weighted by Crippen LogP contribution is 2.23. The van der Waals surface area contributed by atoms with Gasteiger partial charge in [0.1, 0.15) is 18.2 Å². The first kappa shape index (κ1) is 18.9. The van der Waals surface area contributed by atoms with Gasteiger partial charge in [0.25, 0.3) is 0 Å². The monoisotopic (exact) mass is 341 g/mol. The fourth-order valence-corrected chi connectivity index (χ4v) is 2.35. The highest BCUT2D eigenvalue weighted by Gasteiger charge is 2.05. The van der Waals surface area contributed by atoms with Crippen LogP contribution in [0.25, 0.3) is 17.3 Å². The summed E-state index contributed by atoms with van der Waals surface area (Å²) in [5.74, 6) is 0.374. The van der Waals surface area contributed by atoms with Crippen molar-refractivity contribution in [2.45, 2.75) is 32.3 Å². The van der Waals surface area contributed by atoms with E-state index in [-0.39, 0.29) is 11.9 Å². The van der Waals surface area contributed by atoms with Crippen LogP contribution in [0.5, 0.6) is 5.75 Å². The van der Waals surface area contributed by atoms with Gasteiger partial charge in [0, 0.05) is 11.1 Å². The Labute approximate surface area is 148 Å². The van der Waals surface area contributed by atoms with E-state index in [1.807, 2.05) is 12.1 Å². The molecule has 0 spiro atoms. The van der Waals surface area contributed by atoms with Crippen molar-refractivity contribution >= 4 is 6.08 Å². The number of aromatic nitrogens is 1. The van der Waals surface area contributed by atoms with E-state index in [4.69, 9.17) is 4.74 Å². The molecule has 1 atom stereocenters. The summed E-state index contributed by atoms with van der Waals surface area (Å²) in [5, 5.41) is 9.21. The molecule has 0 amide bonds. The first-order valence-electron chi connectivity index (χ1n) is 8.44. The van der Waals surface area contributed by atoms with Crippen LogP contribution < -0.4 is 4.74 Å². The summed E-state index contributed by atoms with van der Waals surface area (Å²) in [6, 6.07) is 8.70. The number of unbranched alkanes of at least 4 members (excludes halogenated alkanes) is 1. The highest BCUT2D eigenvalue weighted by molar-refractivity contribution is 5.63. The molecular formula is C21H24FNO2. The molecule has 0 bridgehead atoms. The zero-order chi connectivity index (χ0) is 18.1. The lowest BCUT2D eigenvalue weighted by Crippen LogP contribution is -1.97. The lowest BCUT2D eigenvalue weighted by Gasteiger charge is -2.06. The molecule has 2 rings (SSSR count). The number of nitrogens with zero attached hydrogens (tertiary/aromatic N) is 1. The Morgan fingerprint density at radius 2 is 2.16 bits per heavy atom. The quantitative estimate of drug-likeness (QED) is 0.514. The summed E-state index contributed by atoms with van der Waals surface area (Å²) in [6.07, 6.45) is 9.17. The van der Waals surface area contributed by atoms with Crippen LogP contribution in [0, 0.1) is 5.82 Å². The molecule has 0 radical (unpaired) electrons. The molecule has 1 aromatic carbocycles. The molecule has 0 aliphatic rings. The lowest BCUT2D eigenvalue weighted by molar-refractivity contribution is 0.182. The number of hydrogen-bond acceptors (Lipinski definition) is 3. The molecule has 0 aliphatic carbocycles. The van der Waals surface area contributed by atoms with E-state index in [2.05, 4.69) is 11.6 Å². The van der Waals surface area contributed by atoms with Crippen molar-refractivity contribution in [1.29, 1.82) is 0 Å². The zero-order valence-corrected chi connectivity index (χ0v) is 14.5. The number of pyridine rings is 1. The number of ether oxygens (including phenoxy) is 1. The molecule has 25 heavy (non-hydrogen) atoms. The molecule has 0 aliphatic heterocycles. The van der Waals surface area contributed by atoms with Gasteiger partial charge in [-0.2, -0.15) is 0 Å². The van der Waals surface area contributed by atoms with Crippen molar-refractivity contribution in [2.24, 2.45) is 0 Å². The molecular weight excluding hydrogens is 317 g/mol. The van der Waals surface area contributed by atoms with E-state index in [0.29, 0.717) is 23.6 Å². The van der Waals surface area contributed by atoms with Crippen molar-refractivity contribution in [3.63, 3.8) is 0 Å².